The molecule has 0 amide bonds. The fourth-order valence-corrected chi connectivity index (χ4v) is 5.23. The average molecular weight is 520 g/mol. The van der Waals surface area contributed by atoms with Crippen molar-refractivity contribution in [2.24, 2.45) is 0 Å². The summed E-state index contributed by atoms with van der Waals surface area (Å²) in [4.78, 5) is 14.9. The summed E-state index contributed by atoms with van der Waals surface area (Å²) in [5, 5.41) is 5.28. The summed E-state index contributed by atoms with van der Waals surface area (Å²) < 4.78 is 0. The second-order valence-corrected chi connectivity index (χ2v) is 9.86. The molecule has 0 unspecified atom stereocenters. The molecule has 0 saturated carbocycles. The van der Waals surface area contributed by atoms with E-state index in [-0.39, 0.29) is 0 Å². The molecule has 4 heteroatoms. The molecule has 0 aliphatic heterocycles. The van der Waals surface area contributed by atoms with Crippen molar-refractivity contribution in [3.8, 4) is 45.3 Å². The number of rotatable bonds is 4. The van der Waals surface area contributed by atoms with Crippen LogP contribution in [0, 0.1) is 0 Å². The highest BCUT2D eigenvalue weighted by molar-refractivity contribution is 6.33. The molecule has 0 aliphatic carbocycles. The molecule has 0 bridgehead atoms. The van der Waals surface area contributed by atoms with Gasteiger partial charge >= 0.3 is 0 Å². The molecule has 0 N–H and O–H groups in total. The maximum Gasteiger partial charge on any atom is 0.164 e. The normalized spacial score (nSPS) is 11.2. The predicted octanol–water partition coefficient (Wildman–Crippen LogP) is 9.50. The fraction of sp³-hybridized carbons (Fsp3) is 0. The highest BCUT2D eigenvalue weighted by Crippen LogP contribution is 2.35. The molecule has 39 heavy (non-hydrogen) atoms. The Hall–Kier alpha value is -4.86. The molecule has 1 aromatic heterocycles. The average Bonchev–Trinajstić information content (AvgIpc) is 3.01. The fourth-order valence-electron chi connectivity index (χ4n) is 5.00. The van der Waals surface area contributed by atoms with Crippen LogP contribution in [0.5, 0.6) is 0 Å². The Balaban J connectivity index is 1.42. The van der Waals surface area contributed by atoms with Crippen molar-refractivity contribution in [1.82, 2.24) is 15.0 Å². The summed E-state index contributed by atoms with van der Waals surface area (Å²) in [5.74, 6) is 1.87. The number of aromatic nitrogens is 3. The first-order valence-electron chi connectivity index (χ1n) is 12.8. The molecule has 7 aromatic rings. The van der Waals surface area contributed by atoms with Crippen LogP contribution in [0.3, 0.4) is 0 Å². The smallest absolute Gasteiger partial charge is 0.164 e. The van der Waals surface area contributed by atoms with Gasteiger partial charge in [0.2, 0.25) is 0 Å². The maximum atomic E-state index is 6.74. The highest BCUT2D eigenvalue weighted by Gasteiger charge is 2.15. The van der Waals surface area contributed by atoms with E-state index in [2.05, 4.69) is 66.7 Å². The SMILES string of the molecule is Clc1ccc(-c2nc(-c3ccccc3)nc(-c3cccc4ccccc34)n2)cc1-c1ccc2ccccc2c1. The molecule has 0 fully saturated rings. The second kappa shape index (κ2) is 9.79. The van der Waals surface area contributed by atoms with Crippen molar-refractivity contribution in [1.29, 1.82) is 0 Å². The Kier molecular flexibility index (Phi) is 5.84. The molecule has 3 nitrogen and oxygen atoms in total. The van der Waals surface area contributed by atoms with E-state index < -0.39 is 0 Å². The number of hydrogen-bond acceptors (Lipinski definition) is 3. The first kappa shape index (κ1) is 23.3. The largest absolute Gasteiger partial charge is 0.208 e. The second-order valence-electron chi connectivity index (χ2n) is 9.46. The van der Waals surface area contributed by atoms with E-state index >= 15 is 0 Å². The third-order valence-electron chi connectivity index (χ3n) is 6.98. The Morgan fingerprint density at radius 3 is 1.87 bits per heavy atom. The number of halogens is 1. The first-order chi connectivity index (χ1) is 19.2. The summed E-state index contributed by atoms with van der Waals surface area (Å²) in [7, 11) is 0. The Bertz CT molecular complexity index is 1980. The molecule has 0 aliphatic rings. The standard InChI is InChI=1S/C35H22ClN3/c36-32-20-19-28(22-31(32)27-18-17-23-9-4-5-13-26(23)21-27)34-37-33(25-11-2-1-3-12-25)38-35(39-34)30-16-8-14-24-10-6-7-15-29(24)30/h1-22H. The summed E-state index contributed by atoms with van der Waals surface area (Å²) in [5.41, 5.74) is 4.77. The van der Waals surface area contributed by atoms with Crippen molar-refractivity contribution in [3.63, 3.8) is 0 Å². The highest BCUT2D eigenvalue weighted by atomic mass is 35.5. The molecule has 0 saturated heterocycles. The molecule has 1 heterocycles. The van der Waals surface area contributed by atoms with Gasteiger partial charge in [0, 0.05) is 27.3 Å². The van der Waals surface area contributed by atoms with E-state index in [0.29, 0.717) is 22.5 Å². The lowest BCUT2D eigenvalue weighted by molar-refractivity contribution is 1.08. The van der Waals surface area contributed by atoms with Gasteiger partial charge in [0.1, 0.15) is 0 Å². The molecule has 0 spiro atoms. The molecule has 0 atom stereocenters. The van der Waals surface area contributed by atoms with Crippen LogP contribution in [0.4, 0.5) is 0 Å². The van der Waals surface area contributed by atoms with Crippen LogP contribution in [0.25, 0.3) is 66.8 Å². The van der Waals surface area contributed by atoms with E-state index in [1.165, 1.54) is 10.8 Å². The van der Waals surface area contributed by atoms with E-state index in [9.17, 15) is 0 Å². The van der Waals surface area contributed by atoms with Gasteiger partial charge in [-0.2, -0.15) is 0 Å². The van der Waals surface area contributed by atoms with Crippen LogP contribution in [0.1, 0.15) is 0 Å². The van der Waals surface area contributed by atoms with Crippen LogP contribution in [0.2, 0.25) is 5.02 Å². The van der Waals surface area contributed by atoms with Crippen LogP contribution in [0.15, 0.2) is 133 Å². The van der Waals surface area contributed by atoms with Crippen LogP contribution < -0.4 is 0 Å². The van der Waals surface area contributed by atoms with Gasteiger partial charge in [-0.05, 0) is 51.4 Å². The summed E-state index contributed by atoms with van der Waals surface area (Å²) in [6.07, 6.45) is 0. The third kappa shape index (κ3) is 4.43. The zero-order valence-electron chi connectivity index (χ0n) is 20.9. The Morgan fingerprint density at radius 2 is 1.03 bits per heavy atom. The van der Waals surface area contributed by atoms with Crippen molar-refractivity contribution < 1.29 is 0 Å². The van der Waals surface area contributed by atoms with Crippen molar-refractivity contribution in [3.05, 3.63) is 138 Å². The quantitative estimate of drug-likeness (QED) is 0.232. The number of benzene rings is 6. The zero-order valence-corrected chi connectivity index (χ0v) is 21.7. The van der Waals surface area contributed by atoms with Crippen LogP contribution >= 0.6 is 11.6 Å². The van der Waals surface area contributed by atoms with Gasteiger partial charge in [0.25, 0.3) is 0 Å². The topological polar surface area (TPSA) is 38.7 Å². The number of fused-ring (bicyclic) bond motifs is 2. The van der Waals surface area contributed by atoms with Gasteiger partial charge in [-0.25, -0.2) is 15.0 Å². The monoisotopic (exact) mass is 519 g/mol. The minimum absolute atomic E-state index is 0.602. The van der Waals surface area contributed by atoms with E-state index in [1.807, 2.05) is 66.7 Å². The lowest BCUT2D eigenvalue weighted by Crippen LogP contribution is -2.00. The van der Waals surface area contributed by atoms with Crippen LogP contribution in [-0.4, -0.2) is 15.0 Å². The lowest BCUT2D eigenvalue weighted by atomic mass is 9.99. The van der Waals surface area contributed by atoms with Gasteiger partial charge in [-0.15, -0.1) is 0 Å². The minimum Gasteiger partial charge on any atom is -0.208 e. The molecule has 6 aromatic carbocycles. The maximum absolute atomic E-state index is 6.74. The van der Waals surface area contributed by atoms with Gasteiger partial charge in [-0.1, -0.05) is 121 Å². The van der Waals surface area contributed by atoms with E-state index in [1.54, 1.807) is 0 Å². The zero-order chi connectivity index (χ0) is 26.2. The molecule has 0 radical (unpaired) electrons. The van der Waals surface area contributed by atoms with Gasteiger partial charge in [0.15, 0.2) is 17.5 Å². The Morgan fingerprint density at radius 1 is 0.385 bits per heavy atom. The number of hydrogen-bond donors (Lipinski definition) is 0. The molecular weight excluding hydrogens is 498 g/mol. The summed E-state index contributed by atoms with van der Waals surface area (Å²) >= 11 is 6.74. The van der Waals surface area contributed by atoms with Gasteiger partial charge < -0.3 is 0 Å². The van der Waals surface area contributed by atoms with Gasteiger partial charge in [0.05, 0.1) is 0 Å². The number of nitrogens with zero attached hydrogens (tertiary/aromatic N) is 3. The van der Waals surface area contributed by atoms with Crippen molar-refractivity contribution >= 4 is 33.1 Å². The van der Waals surface area contributed by atoms with Gasteiger partial charge in [-0.3, -0.25) is 0 Å². The first-order valence-corrected chi connectivity index (χ1v) is 13.2. The van der Waals surface area contributed by atoms with E-state index in [4.69, 9.17) is 26.6 Å². The lowest BCUT2D eigenvalue weighted by Gasteiger charge is -2.12. The summed E-state index contributed by atoms with van der Waals surface area (Å²) in [6, 6.07) is 45.3. The van der Waals surface area contributed by atoms with Crippen LogP contribution in [-0.2, 0) is 0 Å². The van der Waals surface area contributed by atoms with Crippen molar-refractivity contribution in [2.45, 2.75) is 0 Å². The predicted molar refractivity (Wildman–Crippen MR) is 162 cm³/mol. The molecule has 184 valence electrons. The summed E-state index contributed by atoms with van der Waals surface area (Å²) in [6.45, 7) is 0. The molecule has 7 rings (SSSR count). The minimum atomic E-state index is 0.602. The van der Waals surface area contributed by atoms with E-state index in [0.717, 1.165) is 38.6 Å². The van der Waals surface area contributed by atoms with Crippen molar-refractivity contribution in [2.75, 3.05) is 0 Å². The Labute approximate surface area is 231 Å². The molecular formula is C35H22ClN3. The third-order valence-corrected chi connectivity index (χ3v) is 7.31.